The maximum atomic E-state index is 4.11. The van der Waals surface area contributed by atoms with Gasteiger partial charge < -0.3 is 5.32 Å². The first-order valence-electron chi connectivity index (χ1n) is 7.12. The molecule has 1 unspecified atom stereocenters. The maximum Gasteiger partial charge on any atom is 0.0274 e. The molecule has 0 heterocycles. The first-order valence-corrected chi connectivity index (χ1v) is 7.12. The van der Waals surface area contributed by atoms with Gasteiger partial charge in [-0.1, -0.05) is 51.2 Å². The third-order valence-corrected chi connectivity index (χ3v) is 3.82. The summed E-state index contributed by atoms with van der Waals surface area (Å²) in [6.45, 7) is 9.62. The van der Waals surface area contributed by atoms with Crippen LogP contribution in [0.25, 0.3) is 0 Å². The Labute approximate surface area is 102 Å². The molecule has 0 amide bonds. The zero-order chi connectivity index (χ0) is 11.8. The Morgan fingerprint density at radius 2 is 2.00 bits per heavy atom. The molecule has 1 N–H and O–H groups in total. The largest absolute Gasteiger partial charge is 0.310 e. The molecular weight excluding hydrogens is 194 g/mol. The summed E-state index contributed by atoms with van der Waals surface area (Å²) in [4.78, 5) is 0. The fourth-order valence-electron chi connectivity index (χ4n) is 2.72. The van der Waals surface area contributed by atoms with Gasteiger partial charge in [0.25, 0.3) is 0 Å². The van der Waals surface area contributed by atoms with Gasteiger partial charge in [0.2, 0.25) is 0 Å². The Hall–Kier alpha value is -0.300. The van der Waals surface area contributed by atoms with Gasteiger partial charge in [0.15, 0.2) is 0 Å². The molecule has 1 rings (SSSR count). The van der Waals surface area contributed by atoms with Gasteiger partial charge in [-0.25, -0.2) is 0 Å². The van der Waals surface area contributed by atoms with E-state index in [2.05, 4.69) is 25.7 Å². The predicted octanol–water partition coefficient (Wildman–Crippen LogP) is 4.29. The van der Waals surface area contributed by atoms with Crippen molar-refractivity contribution >= 4 is 0 Å². The topological polar surface area (TPSA) is 12.0 Å². The molecule has 0 bridgehead atoms. The van der Waals surface area contributed by atoms with E-state index < -0.39 is 0 Å². The van der Waals surface area contributed by atoms with Gasteiger partial charge >= 0.3 is 0 Å². The van der Waals surface area contributed by atoms with Crippen LogP contribution in [0.5, 0.6) is 0 Å². The first kappa shape index (κ1) is 13.8. The number of rotatable bonds is 7. The highest BCUT2D eigenvalue weighted by Crippen LogP contribution is 2.28. The Balaban J connectivity index is 2.22. The summed E-state index contributed by atoms with van der Waals surface area (Å²) in [5, 5.41) is 3.61. The third kappa shape index (κ3) is 5.16. The summed E-state index contributed by atoms with van der Waals surface area (Å²) in [5.74, 6) is 0.999. The molecule has 1 heteroatoms. The molecule has 0 radical (unpaired) electrons. The van der Waals surface area contributed by atoms with E-state index in [1.165, 1.54) is 56.9 Å². The van der Waals surface area contributed by atoms with Gasteiger partial charge in [0.1, 0.15) is 0 Å². The lowest BCUT2D eigenvalue weighted by molar-refractivity contribution is 0.320. The van der Waals surface area contributed by atoms with Gasteiger partial charge in [0, 0.05) is 6.04 Å². The minimum atomic E-state index is 0.557. The highest BCUT2D eigenvalue weighted by molar-refractivity contribution is 5.01. The molecule has 1 saturated carbocycles. The van der Waals surface area contributed by atoms with E-state index >= 15 is 0 Å². The second-order valence-corrected chi connectivity index (χ2v) is 5.43. The van der Waals surface area contributed by atoms with Crippen molar-refractivity contribution in [3.8, 4) is 0 Å². The average Bonchev–Trinajstić information content (AvgIpc) is 2.30. The summed E-state index contributed by atoms with van der Waals surface area (Å²) in [6.07, 6.45) is 11.2. The lowest BCUT2D eigenvalue weighted by Gasteiger charge is -2.25. The van der Waals surface area contributed by atoms with Crippen LogP contribution in [0.2, 0.25) is 0 Å². The summed E-state index contributed by atoms with van der Waals surface area (Å²) in [6, 6.07) is 0.557. The number of nitrogens with one attached hydrogen (secondary N) is 1. The van der Waals surface area contributed by atoms with E-state index in [0.717, 1.165) is 12.5 Å². The van der Waals surface area contributed by atoms with Crippen LogP contribution in [-0.2, 0) is 0 Å². The van der Waals surface area contributed by atoms with Crippen molar-refractivity contribution in [2.24, 2.45) is 5.92 Å². The summed E-state index contributed by atoms with van der Waals surface area (Å²) >= 11 is 0. The zero-order valence-corrected chi connectivity index (χ0v) is 11.2. The molecule has 0 spiro atoms. The van der Waals surface area contributed by atoms with E-state index in [1.54, 1.807) is 0 Å². The van der Waals surface area contributed by atoms with E-state index in [0.29, 0.717) is 6.04 Å². The van der Waals surface area contributed by atoms with Crippen molar-refractivity contribution in [3.05, 3.63) is 12.2 Å². The lowest BCUT2D eigenvalue weighted by atomic mass is 9.84. The minimum Gasteiger partial charge on any atom is -0.310 e. The van der Waals surface area contributed by atoms with E-state index in [1.807, 2.05) is 0 Å². The second kappa shape index (κ2) is 7.89. The molecule has 1 nitrogen and oxygen atoms in total. The van der Waals surface area contributed by atoms with E-state index in [4.69, 9.17) is 0 Å². The van der Waals surface area contributed by atoms with Crippen LogP contribution in [-0.4, -0.2) is 12.6 Å². The van der Waals surface area contributed by atoms with Crippen LogP contribution in [0.1, 0.15) is 65.2 Å². The number of hydrogen-bond acceptors (Lipinski definition) is 1. The molecule has 1 aliphatic carbocycles. The van der Waals surface area contributed by atoms with Gasteiger partial charge in [0.05, 0.1) is 0 Å². The first-order chi connectivity index (χ1) is 7.74. The molecule has 94 valence electrons. The maximum absolute atomic E-state index is 4.11. The fourth-order valence-corrected chi connectivity index (χ4v) is 2.72. The van der Waals surface area contributed by atoms with Crippen molar-refractivity contribution < 1.29 is 0 Å². The summed E-state index contributed by atoms with van der Waals surface area (Å²) < 4.78 is 0. The van der Waals surface area contributed by atoms with Crippen LogP contribution in [0.3, 0.4) is 0 Å². The summed E-state index contributed by atoms with van der Waals surface area (Å²) in [7, 11) is 0. The molecule has 0 saturated heterocycles. The quantitative estimate of drug-likeness (QED) is 0.635. The van der Waals surface area contributed by atoms with Gasteiger partial charge in [-0.2, -0.15) is 0 Å². The van der Waals surface area contributed by atoms with E-state index in [9.17, 15) is 0 Å². The van der Waals surface area contributed by atoms with E-state index in [-0.39, 0.29) is 0 Å². The molecule has 0 aliphatic heterocycles. The second-order valence-electron chi connectivity index (χ2n) is 5.43. The molecule has 0 aromatic heterocycles. The monoisotopic (exact) mass is 223 g/mol. The van der Waals surface area contributed by atoms with Crippen molar-refractivity contribution in [2.45, 2.75) is 71.3 Å². The summed E-state index contributed by atoms with van der Waals surface area (Å²) in [5.41, 5.74) is 1.31. The molecule has 1 aliphatic rings. The highest BCUT2D eigenvalue weighted by Gasteiger charge is 2.16. The van der Waals surface area contributed by atoms with Crippen LogP contribution < -0.4 is 5.32 Å². The zero-order valence-electron chi connectivity index (χ0n) is 11.2. The SMILES string of the molecule is C=C(C)C(CCC1CCCCC1)NCCC. The third-order valence-electron chi connectivity index (χ3n) is 3.82. The molecule has 16 heavy (non-hydrogen) atoms. The molecule has 1 atom stereocenters. The van der Waals surface area contributed by atoms with Crippen molar-refractivity contribution in [2.75, 3.05) is 6.54 Å². The Morgan fingerprint density at radius 3 is 2.56 bits per heavy atom. The van der Waals surface area contributed by atoms with Crippen LogP contribution in [0.4, 0.5) is 0 Å². The highest BCUT2D eigenvalue weighted by atomic mass is 14.9. The van der Waals surface area contributed by atoms with Crippen LogP contribution in [0, 0.1) is 5.92 Å². The predicted molar refractivity (Wildman–Crippen MR) is 72.7 cm³/mol. The Morgan fingerprint density at radius 1 is 1.31 bits per heavy atom. The molecule has 0 aromatic rings. The van der Waals surface area contributed by atoms with Crippen molar-refractivity contribution in [3.63, 3.8) is 0 Å². The molecule has 0 aromatic carbocycles. The van der Waals surface area contributed by atoms with Crippen molar-refractivity contribution in [1.29, 1.82) is 0 Å². The van der Waals surface area contributed by atoms with Crippen molar-refractivity contribution in [1.82, 2.24) is 5.32 Å². The lowest BCUT2D eigenvalue weighted by Crippen LogP contribution is -2.31. The molecular formula is C15H29N. The molecule has 1 fully saturated rings. The smallest absolute Gasteiger partial charge is 0.0274 e. The Bertz CT molecular complexity index is 192. The van der Waals surface area contributed by atoms with Crippen LogP contribution >= 0.6 is 0 Å². The number of hydrogen-bond donors (Lipinski definition) is 1. The Kier molecular flexibility index (Phi) is 6.79. The van der Waals surface area contributed by atoms with Gasteiger partial charge in [-0.3, -0.25) is 0 Å². The van der Waals surface area contributed by atoms with Gasteiger partial charge in [-0.15, -0.1) is 0 Å². The fraction of sp³-hybridized carbons (Fsp3) is 0.867. The van der Waals surface area contributed by atoms with Crippen LogP contribution in [0.15, 0.2) is 12.2 Å². The normalized spacial score (nSPS) is 19.6. The standard InChI is InChI=1S/C15H29N/c1-4-12-16-15(13(2)3)11-10-14-8-6-5-7-9-14/h14-16H,2,4-12H2,1,3H3. The minimum absolute atomic E-state index is 0.557. The average molecular weight is 223 g/mol. The van der Waals surface area contributed by atoms with Gasteiger partial charge in [-0.05, 0) is 38.6 Å².